The van der Waals surface area contributed by atoms with Gasteiger partial charge >= 0.3 is 0 Å². The molecule has 0 spiro atoms. The monoisotopic (exact) mass is 262 g/mol. The van der Waals surface area contributed by atoms with Gasteiger partial charge in [0.1, 0.15) is 0 Å². The summed E-state index contributed by atoms with van der Waals surface area (Å²) in [7, 11) is -0.709. The van der Waals surface area contributed by atoms with Crippen LogP contribution in [0.15, 0.2) is 0 Å². The van der Waals surface area contributed by atoms with Gasteiger partial charge in [0.15, 0.2) is 9.84 Å². The largest absolute Gasteiger partial charge is 0.317 e. The zero-order valence-electron chi connectivity index (χ0n) is 11.3. The van der Waals surface area contributed by atoms with E-state index >= 15 is 0 Å². The van der Waals surface area contributed by atoms with Crippen molar-refractivity contribution in [1.82, 2.24) is 10.2 Å². The minimum absolute atomic E-state index is 0.223. The third-order valence-corrected chi connectivity index (χ3v) is 5.40. The van der Waals surface area contributed by atoms with E-state index in [1.807, 2.05) is 0 Å². The Labute approximate surface area is 106 Å². The van der Waals surface area contributed by atoms with Crippen LogP contribution in [-0.2, 0) is 9.84 Å². The van der Waals surface area contributed by atoms with E-state index in [-0.39, 0.29) is 6.04 Å². The summed E-state index contributed by atoms with van der Waals surface area (Å²) in [5, 5.41) is 3.38. The van der Waals surface area contributed by atoms with E-state index in [1.54, 1.807) is 0 Å². The van der Waals surface area contributed by atoms with E-state index in [0.717, 1.165) is 32.4 Å². The standard InChI is InChI=1S/C12H26N2O2S/c1-4-7-13-8-5-11(2)14(3)12-6-9-17(15,16)10-12/h11-13H,4-10H2,1-3H3. The molecule has 2 unspecified atom stereocenters. The number of nitrogens with zero attached hydrogens (tertiary/aromatic N) is 1. The van der Waals surface area contributed by atoms with Crippen LogP contribution in [0.1, 0.15) is 33.1 Å². The van der Waals surface area contributed by atoms with Gasteiger partial charge in [-0.2, -0.15) is 0 Å². The zero-order valence-corrected chi connectivity index (χ0v) is 12.1. The highest BCUT2D eigenvalue weighted by molar-refractivity contribution is 7.91. The molecule has 0 radical (unpaired) electrons. The van der Waals surface area contributed by atoms with Crippen LogP contribution in [-0.4, -0.2) is 57.0 Å². The molecule has 5 heteroatoms. The molecule has 0 amide bonds. The molecule has 2 atom stereocenters. The normalized spacial score (nSPS) is 25.3. The van der Waals surface area contributed by atoms with Crippen molar-refractivity contribution in [3.63, 3.8) is 0 Å². The van der Waals surface area contributed by atoms with Gasteiger partial charge in [-0.3, -0.25) is 4.90 Å². The summed E-state index contributed by atoms with van der Waals surface area (Å²) in [5.74, 6) is 0.707. The summed E-state index contributed by atoms with van der Waals surface area (Å²) in [6.45, 7) is 6.41. The molecule has 1 saturated heterocycles. The van der Waals surface area contributed by atoms with Crippen molar-refractivity contribution >= 4 is 9.84 Å². The Balaban J connectivity index is 2.29. The molecule has 102 valence electrons. The molecule has 1 heterocycles. The first-order valence-electron chi connectivity index (χ1n) is 6.59. The number of nitrogens with one attached hydrogen (secondary N) is 1. The Morgan fingerprint density at radius 2 is 2.12 bits per heavy atom. The Morgan fingerprint density at radius 1 is 1.41 bits per heavy atom. The summed E-state index contributed by atoms with van der Waals surface area (Å²) in [5.41, 5.74) is 0. The second-order valence-electron chi connectivity index (χ2n) is 5.11. The van der Waals surface area contributed by atoms with Gasteiger partial charge in [0.2, 0.25) is 0 Å². The lowest BCUT2D eigenvalue weighted by molar-refractivity contribution is 0.190. The van der Waals surface area contributed by atoms with Gasteiger partial charge in [-0.05, 0) is 46.3 Å². The summed E-state index contributed by atoms with van der Waals surface area (Å²) < 4.78 is 22.9. The van der Waals surface area contributed by atoms with Crippen LogP contribution in [0.4, 0.5) is 0 Å². The lowest BCUT2D eigenvalue weighted by Gasteiger charge is -2.30. The molecule has 1 aliphatic rings. The van der Waals surface area contributed by atoms with Crippen LogP contribution in [0.25, 0.3) is 0 Å². The molecular formula is C12H26N2O2S. The molecule has 0 aromatic rings. The minimum Gasteiger partial charge on any atom is -0.317 e. The third-order valence-electron chi connectivity index (χ3n) is 3.65. The van der Waals surface area contributed by atoms with Gasteiger partial charge in [-0.15, -0.1) is 0 Å². The van der Waals surface area contributed by atoms with Crippen molar-refractivity contribution in [3.05, 3.63) is 0 Å². The van der Waals surface area contributed by atoms with Gasteiger partial charge in [0.25, 0.3) is 0 Å². The minimum atomic E-state index is -2.76. The van der Waals surface area contributed by atoms with Gasteiger partial charge in [0.05, 0.1) is 11.5 Å². The first kappa shape index (κ1) is 14.9. The highest BCUT2D eigenvalue weighted by atomic mass is 32.2. The van der Waals surface area contributed by atoms with Gasteiger partial charge in [0, 0.05) is 12.1 Å². The summed E-state index contributed by atoms with van der Waals surface area (Å²) in [6.07, 6.45) is 3.03. The Hall–Kier alpha value is -0.130. The summed E-state index contributed by atoms with van der Waals surface area (Å²) in [4.78, 5) is 2.23. The van der Waals surface area contributed by atoms with E-state index in [4.69, 9.17) is 0 Å². The summed E-state index contributed by atoms with van der Waals surface area (Å²) >= 11 is 0. The van der Waals surface area contributed by atoms with Crippen LogP contribution in [0.3, 0.4) is 0 Å². The molecule has 0 aliphatic carbocycles. The van der Waals surface area contributed by atoms with E-state index in [2.05, 4.69) is 31.1 Å². The Bertz CT molecular complexity index is 316. The van der Waals surface area contributed by atoms with E-state index in [1.165, 1.54) is 0 Å². The number of hydrogen-bond donors (Lipinski definition) is 1. The van der Waals surface area contributed by atoms with Crippen molar-refractivity contribution in [3.8, 4) is 0 Å². The highest BCUT2D eigenvalue weighted by Crippen LogP contribution is 2.19. The SMILES string of the molecule is CCCNCCC(C)N(C)C1CCS(=O)(=O)C1. The van der Waals surface area contributed by atoms with Crippen molar-refractivity contribution in [2.45, 2.75) is 45.2 Å². The molecule has 1 fully saturated rings. The van der Waals surface area contributed by atoms with Crippen molar-refractivity contribution < 1.29 is 8.42 Å². The fraction of sp³-hybridized carbons (Fsp3) is 1.00. The van der Waals surface area contributed by atoms with Crippen LogP contribution >= 0.6 is 0 Å². The first-order valence-corrected chi connectivity index (χ1v) is 8.41. The van der Waals surface area contributed by atoms with Crippen molar-refractivity contribution in [1.29, 1.82) is 0 Å². The fourth-order valence-electron chi connectivity index (χ4n) is 2.27. The van der Waals surface area contributed by atoms with Gasteiger partial charge < -0.3 is 5.32 Å². The lowest BCUT2D eigenvalue weighted by atomic mass is 10.1. The number of sulfone groups is 1. The smallest absolute Gasteiger partial charge is 0.151 e. The molecule has 0 saturated carbocycles. The predicted octanol–water partition coefficient (Wildman–Crippen LogP) is 0.884. The van der Waals surface area contributed by atoms with Crippen LogP contribution in [0.5, 0.6) is 0 Å². The molecule has 0 aromatic heterocycles. The van der Waals surface area contributed by atoms with Crippen LogP contribution < -0.4 is 5.32 Å². The second kappa shape index (κ2) is 6.71. The lowest BCUT2D eigenvalue weighted by Crippen LogP contribution is -2.40. The molecule has 0 bridgehead atoms. The van der Waals surface area contributed by atoms with E-state index in [9.17, 15) is 8.42 Å². The maximum Gasteiger partial charge on any atom is 0.151 e. The maximum absolute atomic E-state index is 11.4. The second-order valence-corrected chi connectivity index (χ2v) is 7.34. The van der Waals surface area contributed by atoms with Crippen molar-refractivity contribution in [2.24, 2.45) is 0 Å². The van der Waals surface area contributed by atoms with Gasteiger partial charge in [-0.1, -0.05) is 6.92 Å². The fourth-order valence-corrected chi connectivity index (χ4v) is 4.06. The van der Waals surface area contributed by atoms with Crippen molar-refractivity contribution in [2.75, 3.05) is 31.6 Å². The number of hydrogen-bond acceptors (Lipinski definition) is 4. The average Bonchev–Trinajstić information content (AvgIpc) is 2.64. The molecule has 1 aliphatic heterocycles. The van der Waals surface area contributed by atoms with Crippen LogP contribution in [0, 0.1) is 0 Å². The summed E-state index contributed by atoms with van der Waals surface area (Å²) in [6, 6.07) is 0.666. The molecule has 4 nitrogen and oxygen atoms in total. The number of rotatable bonds is 7. The van der Waals surface area contributed by atoms with Gasteiger partial charge in [-0.25, -0.2) is 8.42 Å². The zero-order chi connectivity index (χ0) is 12.9. The molecule has 1 N–H and O–H groups in total. The molecular weight excluding hydrogens is 236 g/mol. The predicted molar refractivity (Wildman–Crippen MR) is 72.1 cm³/mol. The Morgan fingerprint density at radius 3 is 2.65 bits per heavy atom. The van der Waals surface area contributed by atoms with Crippen LogP contribution in [0.2, 0.25) is 0 Å². The van der Waals surface area contributed by atoms with E-state index < -0.39 is 9.84 Å². The Kier molecular flexibility index (Phi) is 5.89. The van der Waals surface area contributed by atoms with E-state index in [0.29, 0.717) is 17.5 Å². The topological polar surface area (TPSA) is 49.4 Å². The maximum atomic E-state index is 11.4. The highest BCUT2D eigenvalue weighted by Gasteiger charge is 2.32. The molecule has 17 heavy (non-hydrogen) atoms. The third kappa shape index (κ3) is 4.94. The molecule has 1 rings (SSSR count). The molecule has 0 aromatic carbocycles. The quantitative estimate of drug-likeness (QED) is 0.692. The average molecular weight is 262 g/mol. The first-order chi connectivity index (χ1) is 7.96.